The monoisotopic (exact) mass is 1630 g/mol. The third-order valence-corrected chi connectivity index (χ3v) is 21.6. The molecule has 0 amide bonds. The molecule has 16 rings (SSSR count). The maximum Gasteiger partial charge on any atom is 0.292 e. The van der Waals surface area contributed by atoms with Crippen LogP contribution in [0.5, 0.6) is 40.2 Å². The van der Waals surface area contributed by atoms with Gasteiger partial charge in [0.05, 0.1) is 18.9 Å². The number of para-hydroxylation sites is 4. The van der Waals surface area contributed by atoms with Crippen molar-refractivity contribution in [3.8, 4) is 57.6 Å². The van der Waals surface area contributed by atoms with E-state index in [0.717, 1.165) is 113 Å². The molecular weight excluding hydrogens is 1510 g/mol. The maximum atomic E-state index is 10.7. The number of rotatable bonds is 27. The van der Waals surface area contributed by atoms with Gasteiger partial charge in [-0.15, -0.1) is 31.6 Å². The Labute approximate surface area is 722 Å². The van der Waals surface area contributed by atoms with Crippen LogP contribution in [0.4, 0.5) is 17.1 Å². The molecule has 12 aromatic carbocycles. The van der Waals surface area contributed by atoms with Gasteiger partial charge in [-0.2, -0.15) is 4.99 Å². The Morgan fingerprint density at radius 2 is 0.820 bits per heavy atom. The van der Waals surface area contributed by atoms with Crippen molar-refractivity contribution in [3.05, 3.63) is 408 Å². The number of carbonyl (C=O) groups excluding carboxylic acids is 1. The summed E-state index contributed by atoms with van der Waals surface area (Å²) in [6.45, 7) is 33.9. The van der Waals surface area contributed by atoms with Crippen molar-refractivity contribution in [2.45, 2.75) is 130 Å². The number of aryl methyl sites for hydroxylation is 2. The van der Waals surface area contributed by atoms with Crippen LogP contribution in [0, 0.1) is 11.5 Å². The molecule has 12 aromatic rings. The van der Waals surface area contributed by atoms with Crippen molar-refractivity contribution in [2.24, 2.45) is 4.99 Å². The molecule has 0 saturated carbocycles. The van der Waals surface area contributed by atoms with Crippen molar-refractivity contribution in [2.75, 3.05) is 49.7 Å². The van der Waals surface area contributed by atoms with E-state index in [-0.39, 0.29) is 18.3 Å². The predicted octanol–water partition coefficient (Wildman–Crippen LogP) is 24.2. The van der Waals surface area contributed by atoms with Crippen molar-refractivity contribution < 1.29 is 48.2 Å². The zero-order valence-corrected chi connectivity index (χ0v) is 70.4. The van der Waals surface area contributed by atoms with Gasteiger partial charge in [-0.05, 0) is 220 Å². The van der Waals surface area contributed by atoms with E-state index in [9.17, 15) is 15.0 Å². The molecule has 2 unspecified atom stereocenters. The summed E-state index contributed by atoms with van der Waals surface area (Å²) in [4.78, 5) is 19.0. The van der Waals surface area contributed by atoms with E-state index in [0.29, 0.717) is 87.5 Å². The van der Waals surface area contributed by atoms with Crippen LogP contribution < -0.4 is 33.5 Å². The number of allylic oxidation sites excluding steroid dienone is 4. The van der Waals surface area contributed by atoms with Gasteiger partial charge in [0.1, 0.15) is 65.7 Å². The van der Waals surface area contributed by atoms with Crippen molar-refractivity contribution >= 4 is 23.1 Å². The van der Waals surface area contributed by atoms with Gasteiger partial charge in [-0.1, -0.05) is 255 Å². The highest BCUT2D eigenvalue weighted by Gasteiger charge is 2.29. The largest absolute Gasteiger partial charge is 0.508 e. The number of aliphatic imine (C=N–C) groups is 1. The van der Waals surface area contributed by atoms with Crippen LogP contribution in [-0.4, -0.2) is 68.4 Å². The average molecular weight is 1630 g/mol. The molecule has 0 spiro atoms. The summed E-state index contributed by atoms with van der Waals surface area (Å²) in [6.07, 6.45) is 16.7. The average Bonchev–Trinajstić information content (AvgIpc) is 0.983. The summed E-state index contributed by atoms with van der Waals surface area (Å²) in [6, 6.07) is 94.4. The van der Waals surface area contributed by atoms with E-state index in [1.54, 1.807) is 48.8 Å². The molecule has 4 aliphatic heterocycles. The number of anilines is 2. The lowest BCUT2D eigenvalue weighted by Crippen LogP contribution is -2.32. The second-order valence-electron chi connectivity index (χ2n) is 30.9. The fourth-order valence-corrected chi connectivity index (χ4v) is 14.1. The lowest BCUT2D eigenvalue weighted by molar-refractivity contribution is 0.263. The third-order valence-electron chi connectivity index (χ3n) is 21.6. The van der Waals surface area contributed by atoms with Crippen molar-refractivity contribution in [3.63, 3.8) is 0 Å². The first-order chi connectivity index (χ1) is 58.9. The standard InChI is InChI=1S/C29H26N2O2.C23H22N2O2.C21H24O2.C16H18.2C9H10O2.CH4/c1-3-7-26(8-4-1)30-18-24-16-22(11-13-28(24)32-20-30)15-23-12-14-29-25(17-23)19-31(21-33-29)27-9-5-2-6-10-27;1-5-7-17-13-19(9-11-21(17)25-16-26)23(3,4)20-10-12-22(27-15-24)18(14-20)8-6-2;1-5-7-15-13-17(9-11-19(15)22)21(3,4)18-10-12-20(23)16(14-18)8-6-2;1-3-13-5-9-15(10-6-13)16-11-7-14(4-2)8-12-16;2*1-2-4-8(5-3-1)10-6-9-7-11-9;/h1-14,16-17H,15,18-21H2;5-6,9-14H,1-2,7-8H2,3-4H3;5-6,9-14,22-23H,1-2,7-8H2,3-4H3;5-12H,3-4H2,1-2H3;2*1-5,9H,6-7H2;1H4. The number of phenolic OH excluding ortho intramolecular Hbond substituents is 2. The molecule has 4 aliphatic rings. The van der Waals surface area contributed by atoms with E-state index in [4.69, 9.17) is 38.4 Å². The number of epoxide rings is 2. The molecule has 122 heavy (non-hydrogen) atoms. The molecule has 0 radical (unpaired) electrons. The molecule has 626 valence electrons. The number of nitriles is 1. The normalized spacial score (nSPS) is 13.6. The lowest BCUT2D eigenvalue weighted by atomic mass is 9.76. The zero-order valence-electron chi connectivity index (χ0n) is 70.4. The molecule has 0 aromatic heterocycles. The number of aromatic hydroxyl groups is 2. The number of nitrogens with zero attached hydrogens (tertiary/aromatic N) is 4. The molecule has 14 nitrogen and oxygen atoms in total. The number of phenols is 2. The number of fused-ring (bicyclic) bond motifs is 2. The number of hydrogen-bond acceptors (Lipinski definition) is 14. The number of benzene rings is 12. The molecule has 4 heterocycles. The Kier molecular flexibility index (Phi) is 34.0. The Morgan fingerprint density at radius 3 is 1.20 bits per heavy atom. The number of isocyanates is 1. The van der Waals surface area contributed by atoms with Crippen LogP contribution in [0.1, 0.15) is 127 Å². The number of ether oxygens (including phenoxy) is 7. The van der Waals surface area contributed by atoms with Crippen molar-refractivity contribution in [1.82, 2.24) is 0 Å². The van der Waals surface area contributed by atoms with Gasteiger partial charge in [0.15, 0.2) is 13.5 Å². The maximum absolute atomic E-state index is 10.7. The van der Waals surface area contributed by atoms with Crippen LogP contribution in [-0.2, 0) is 83.1 Å². The molecule has 2 fully saturated rings. The second-order valence-corrected chi connectivity index (χ2v) is 30.9. The Hall–Kier alpha value is -13.4. The van der Waals surface area contributed by atoms with E-state index in [1.807, 2.05) is 133 Å². The van der Waals surface area contributed by atoms with E-state index in [2.05, 4.69) is 216 Å². The van der Waals surface area contributed by atoms with Gasteiger partial charge in [-0.3, -0.25) is 0 Å². The second kappa shape index (κ2) is 45.7. The summed E-state index contributed by atoms with van der Waals surface area (Å²) in [5.41, 5.74) is 20.9. The Bertz CT molecular complexity index is 5180. The Morgan fingerprint density at radius 1 is 0.459 bits per heavy atom. The molecule has 0 bridgehead atoms. The summed E-state index contributed by atoms with van der Waals surface area (Å²) < 4.78 is 37.9. The van der Waals surface area contributed by atoms with Gasteiger partial charge in [0.2, 0.25) is 6.08 Å². The summed E-state index contributed by atoms with van der Waals surface area (Å²) >= 11 is 0. The van der Waals surface area contributed by atoms with Gasteiger partial charge in [0, 0.05) is 46.4 Å². The highest BCUT2D eigenvalue weighted by molar-refractivity contribution is 5.64. The summed E-state index contributed by atoms with van der Waals surface area (Å²) in [5, 5.41) is 28.7. The fraction of sp³-hybridized carbons (Fsp3) is 0.241. The topological polar surface area (TPSA) is 171 Å². The first kappa shape index (κ1) is 90.9. The van der Waals surface area contributed by atoms with Crippen LogP contribution >= 0.6 is 0 Å². The van der Waals surface area contributed by atoms with Crippen LogP contribution in [0.2, 0.25) is 0 Å². The lowest BCUT2D eigenvalue weighted by Gasteiger charge is -2.31. The van der Waals surface area contributed by atoms with Gasteiger partial charge < -0.3 is 53.2 Å². The molecule has 2 saturated heterocycles. The smallest absolute Gasteiger partial charge is 0.292 e. The third kappa shape index (κ3) is 26.3. The van der Waals surface area contributed by atoms with Gasteiger partial charge in [-0.25, -0.2) is 4.79 Å². The van der Waals surface area contributed by atoms with E-state index >= 15 is 0 Å². The highest BCUT2D eigenvalue weighted by atomic mass is 16.6. The fourth-order valence-electron chi connectivity index (χ4n) is 14.1. The first-order valence-corrected chi connectivity index (χ1v) is 41.3. The van der Waals surface area contributed by atoms with E-state index in [1.165, 1.54) is 55.9 Å². The molecule has 14 heteroatoms. The molecular formula is C108H114N4O10. The molecule has 0 aliphatic carbocycles. The Balaban J connectivity index is 0.000000160. The van der Waals surface area contributed by atoms with Gasteiger partial charge >= 0.3 is 0 Å². The van der Waals surface area contributed by atoms with Crippen molar-refractivity contribution in [1.29, 1.82) is 5.26 Å². The minimum absolute atomic E-state index is 0. The van der Waals surface area contributed by atoms with Crippen LogP contribution in [0.25, 0.3) is 11.1 Å². The molecule has 2 atom stereocenters. The quantitative estimate of drug-likeness (QED) is 0.0164. The minimum Gasteiger partial charge on any atom is -0.508 e. The minimum atomic E-state index is -0.305. The first-order valence-electron chi connectivity index (χ1n) is 41.3. The van der Waals surface area contributed by atoms with Crippen LogP contribution in [0.15, 0.2) is 335 Å². The predicted molar refractivity (Wildman–Crippen MR) is 496 cm³/mol. The molecule has 2 N–H and O–H groups in total. The SMILES string of the molecule is C.C=CCc1cc(C(C)(C)c2ccc(O)c(CC=C)c2)ccc1O.C=CCc1cc(C(C)(C)c2ccc(OC#N)c(CC=C)c2)ccc1N=C=O.CCc1ccc(-c2ccc(CC)cc2)cc1.c1ccc(N2COc3ccc(Cc4ccc5c(c4)CN(c4ccccc4)CO5)cc3C2)cc1.c1ccc(OCC2CO2)cc1.c1ccc(OCC2CO2)cc1. The van der Waals surface area contributed by atoms with E-state index < -0.39 is 0 Å². The highest BCUT2D eigenvalue weighted by Crippen LogP contribution is 2.40. The zero-order chi connectivity index (χ0) is 85.4. The van der Waals surface area contributed by atoms with Gasteiger partial charge in [0.25, 0.3) is 6.26 Å². The summed E-state index contributed by atoms with van der Waals surface area (Å²) in [5.74, 6) is 4.95. The number of hydrogen-bond donors (Lipinski definition) is 2. The van der Waals surface area contributed by atoms with Crippen LogP contribution in [0.3, 0.4) is 0 Å². The summed E-state index contributed by atoms with van der Waals surface area (Å²) in [7, 11) is 0.